The lowest BCUT2D eigenvalue weighted by Crippen LogP contribution is -2.07. The molecule has 74 valence electrons. The lowest BCUT2D eigenvalue weighted by Gasteiger charge is -2.09. The summed E-state index contributed by atoms with van der Waals surface area (Å²) >= 11 is 4.83. The normalized spacial score (nSPS) is 12.9. The van der Waals surface area contributed by atoms with E-state index in [1.807, 2.05) is 6.07 Å². The van der Waals surface area contributed by atoms with E-state index < -0.39 is 0 Å². The summed E-state index contributed by atoms with van der Waals surface area (Å²) in [6.07, 6.45) is 1.58. The van der Waals surface area contributed by atoms with Gasteiger partial charge in [0.25, 0.3) is 0 Å². The van der Waals surface area contributed by atoms with E-state index in [0.717, 1.165) is 4.34 Å². The highest BCUT2D eigenvalue weighted by molar-refractivity contribution is 8.01. The molecular weight excluding hydrogens is 234 g/mol. The van der Waals surface area contributed by atoms with Crippen LogP contribution in [0, 0.1) is 0 Å². The van der Waals surface area contributed by atoms with E-state index >= 15 is 0 Å². The third-order valence-corrected chi connectivity index (χ3v) is 4.81. The van der Waals surface area contributed by atoms with Gasteiger partial charge < -0.3 is 5.73 Å². The van der Waals surface area contributed by atoms with Crippen LogP contribution < -0.4 is 5.73 Å². The Morgan fingerprint density at radius 2 is 2.50 bits per heavy atom. The van der Waals surface area contributed by atoms with E-state index in [2.05, 4.69) is 20.8 Å². The van der Waals surface area contributed by atoms with Crippen molar-refractivity contribution in [3.05, 3.63) is 28.7 Å². The lowest BCUT2D eigenvalue weighted by atomic mass is 10.3. The first kappa shape index (κ1) is 10.1. The molecule has 3 nitrogen and oxygen atoms in total. The number of thiophene rings is 1. The quantitative estimate of drug-likeness (QED) is 0.838. The largest absolute Gasteiger partial charge is 0.329 e. The second kappa shape index (κ2) is 4.88. The maximum absolute atomic E-state index is 5.72. The Bertz CT molecular complexity index is 357. The van der Waals surface area contributed by atoms with Crippen LogP contribution in [0.4, 0.5) is 0 Å². The zero-order valence-corrected chi connectivity index (χ0v) is 9.74. The van der Waals surface area contributed by atoms with Crippen molar-refractivity contribution in [3.8, 4) is 0 Å². The molecule has 2 N–H and O–H groups in total. The highest BCUT2D eigenvalue weighted by Crippen LogP contribution is 2.36. The summed E-state index contributed by atoms with van der Waals surface area (Å²) < 4.78 is 4.94. The number of nitrogens with zero attached hydrogens (tertiary/aromatic N) is 2. The third kappa shape index (κ3) is 2.33. The Labute approximate surface area is 94.5 Å². The van der Waals surface area contributed by atoms with Crippen molar-refractivity contribution in [2.45, 2.75) is 9.59 Å². The van der Waals surface area contributed by atoms with Gasteiger partial charge in [-0.05, 0) is 23.0 Å². The number of thioether (sulfide) groups is 1. The molecule has 2 aromatic heterocycles. The van der Waals surface area contributed by atoms with Crippen molar-refractivity contribution >= 4 is 34.6 Å². The van der Waals surface area contributed by atoms with Crippen molar-refractivity contribution in [1.29, 1.82) is 0 Å². The smallest absolute Gasteiger partial charge is 0.170 e. The Morgan fingerprint density at radius 1 is 1.57 bits per heavy atom. The Morgan fingerprint density at radius 3 is 3.07 bits per heavy atom. The van der Waals surface area contributed by atoms with Gasteiger partial charge in [0.1, 0.15) is 6.33 Å². The topological polar surface area (TPSA) is 51.8 Å². The molecule has 0 aliphatic rings. The molecule has 2 aromatic rings. The van der Waals surface area contributed by atoms with Crippen LogP contribution >= 0.6 is 34.6 Å². The van der Waals surface area contributed by atoms with Crippen LogP contribution in [0.25, 0.3) is 0 Å². The van der Waals surface area contributed by atoms with E-state index in [0.29, 0.717) is 11.8 Å². The molecule has 0 aliphatic carbocycles. The molecule has 0 saturated carbocycles. The fourth-order valence-corrected chi connectivity index (χ4v) is 3.63. The van der Waals surface area contributed by atoms with E-state index in [4.69, 9.17) is 5.73 Å². The molecule has 14 heavy (non-hydrogen) atoms. The molecule has 0 spiro atoms. The van der Waals surface area contributed by atoms with Crippen LogP contribution in [-0.4, -0.2) is 15.9 Å². The van der Waals surface area contributed by atoms with E-state index in [9.17, 15) is 0 Å². The minimum absolute atomic E-state index is 0.308. The Kier molecular flexibility index (Phi) is 3.52. The Balaban J connectivity index is 2.08. The number of hydrogen-bond donors (Lipinski definition) is 1. The van der Waals surface area contributed by atoms with E-state index in [-0.39, 0.29) is 0 Å². The van der Waals surface area contributed by atoms with Crippen molar-refractivity contribution < 1.29 is 0 Å². The molecule has 0 radical (unpaired) electrons. The summed E-state index contributed by atoms with van der Waals surface area (Å²) in [6.45, 7) is 0.630. The predicted octanol–water partition coefficient (Wildman–Crippen LogP) is 2.39. The van der Waals surface area contributed by atoms with Crippen LogP contribution in [0.1, 0.15) is 10.1 Å². The summed E-state index contributed by atoms with van der Waals surface area (Å²) in [5.41, 5.74) is 5.72. The maximum Gasteiger partial charge on any atom is 0.170 e. The molecule has 0 aliphatic heterocycles. The van der Waals surface area contributed by atoms with Gasteiger partial charge in [0.15, 0.2) is 4.34 Å². The molecule has 0 amide bonds. The fraction of sp³-hybridized carbons (Fsp3) is 0.250. The van der Waals surface area contributed by atoms with Crippen LogP contribution in [0.5, 0.6) is 0 Å². The summed E-state index contributed by atoms with van der Waals surface area (Å²) in [5.74, 6) is 0. The van der Waals surface area contributed by atoms with Crippen molar-refractivity contribution in [1.82, 2.24) is 9.36 Å². The minimum Gasteiger partial charge on any atom is -0.329 e. The number of nitrogens with two attached hydrogens (primary N) is 1. The van der Waals surface area contributed by atoms with Gasteiger partial charge in [0.2, 0.25) is 0 Å². The number of aromatic nitrogens is 2. The second-order valence-electron chi connectivity index (χ2n) is 2.56. The van der Waals surface area contributed by atoms with Gasteiger partial charge in [-0.25, -0.2) is 4.98 Å². The molecule has 6 heteroatoms. The fourth-order valence-electron chi connectivity index (χ4n) is 1.03. The average molecular weight is 243 g/mol. The molecule has 1 unspecified atom stereocenters. The van der Waals surface area contributed by atoms with Gasteiger partial charge in [0, 0.05) is 11.4 Å². The van der Waals surface area contributed by atoms with Gasteiger partial charge in [-0.1, -0.05) is 17.8 Å². The monoisotopic (exact) mass is 243 g/mol. The van der Waals surface area contributed by atoms with Crippen molar-refractivity contribution in [3.63, 3.8) is 0 Å². The number of rotatable bonds is 4. The molecular formula is C8H9N3S3. The summed E-state index contributed by atoms with van der Waals surface area (Å²) in [6, 6.07) is 4.15. The molecule has 2 rings (SSSR count). The highest BCUT2D eigenvalue weighted by Gasteiger charge is 2.13. The van der Waals surface area contributed by atoms with Crippen LogP contribution in [-0.2, 0) is 0 Å². The summed E-state index contributed by atoms with van der Waals surface area (Å²) in [5, 5.41) is 2.38. The minimum atomic E-state index is 0.308. The van der Waals surface area contributed by atoms with Gasteiger partial charge in [-0.15, -0.1) is 11.3 Å². The first-order chi connectivity index (χ1) is 6.90. The highest BCUT2D eigenvalue weighted by atomic mass is 32.2. The second-order valence-corrected chi connectivity index (χ2v) is 5.77. The van der Waals surface area contributed by atoms with Crippen LogP contribution in [0.15, 0.2) is 28.2 Å². The predicted molar refractivity (Wildman–Crippen MR) is 61.9 cm³/mol. The van der Waals surface area contributed by atoms with E-state index in [1.165, 1.54) is 16.4 Å². The summed E-state index contributed by atoms with van der Waals surface area (Å²) in [4.78, 5) is 5.43. The van der Waals surface area contributed by atoms with Gasteiger partial charge in [0.05, 0.1) is 5.25 Å². The zero-order valence-electron chi connectivity index (χ0n) is 7.29. The molecule has 0 aromatic carbocycles. The third-order valence-electron chi connectivity index (χ3n) is 1.66. The standard InChI is InChI=1S/C8H9N3S3/c9-4-7(6-2-1-3-12-6)13-8-10-5-11-14-8/h1-3,5,7H,4,9H2. The molecule has 1 atom stereocenters. The lowest BCUT2D eigenvalue weighted by molar-refractivity contribution is 0.958. The van der Waals surface area contributed by atoms with E-state index in [1.54, 1.807) is 29.4 Å². The average Bonchev–Trinajstić information content (AvgIpc) is 2.86. The first-order valence-electron chi connectivity index (χ1n) is 4.07. The first-order valence-corrected chi connectivity index (χ1v) is 6.60. The summed E-state index contributed by atoms with van der Waals surface area (Å²) in [7, 11) is 0. The molecule has 2 heterocycles. The molecule has 0 fully saturated rings. The SMILES string of the molecule is NCC(Sc1ncns1)c1cccs1. The Hall–Kier alpha value is -0.430. The zero-order chi connectivity index (χ0) is 9.80. The van der Waals surface area contributed by atoms with Gasteiger partial charge in [-0.3, -0.25) is 0 Å². The van der Waals surface area contributed by atoms with Crippen molar-refractivity contribution in [2.75, 3.05) is 6.54 Å². The number of hydrogen-bond acceptors (Lipinski definition) is 6. The molecule has 0 bridgehead atoms. The van der Waals surface area contributed by atoms with Crippen molar-refractivity contribution in [2.24, 2.45) is 5.73 Å². The van der Waals surface area contributed by atoms with Gasteiger partial charge in [-0.2, -0.15) is 4.37 Å². The molecule has 0 saturated heterocycles. The van der Waals surface area contributed by atoms with Gasteiger partial charge >= 0.3 is 0 Å². The van der Waals surface area contributed by atoms with Crippen LogP contribution in [0.3, 0.4) is 0 Å². The van der Waals surface area contributed by atoms with Crippen LogP contribution in [0.2, 0.25) is 0 Å². The maximum atomic E-state index is 5.72.